The van der Waals surface area contributed by atoms with Crippen molar-refractivity contribution in [3.05, 3.63) is 52.5 Å². The summed E-state index contributed by atoms with van der Waals surface area (Å²) in [6.07, 6.45) is 8.34. The molecule has 1 fully saturated rings. The van der Waals surface area contributed by atoms with E-state index in [1.54, 1.807) is 19.3 Å². The first kappa shape index (κ1) is 15.5. The normalized spacial score (nSPS) is 18.2. The minimum Gasteiger partial charge on any atom is -0.337 e. The predicted molar refractivity (Wildman–Crippen MR) is 87.5 cm³/mol. The van der Waals surface area contributed by atoms with Crippen molar-refractivity contribution in [2.24, 2.45) is 7.05 Å². The quantitative estimate of drug-likeness (QED) is 0.865. The van der Waals surface area contributed by atoms with E-state index in [1.807, 2.05) is 17.3 Å². The van der Waals surface area contributed by atoms with Crippen LogP contribution >= 0.6 is 0 Å². The largest absolute Gasteiger partial charge is 0.337 e. The van der Waals surface area contributed by atoms with Gasteiger partial charge in [-0.25, -0.2) is 4.98 Å². The molecule has 23 heavy (non-hydrogen) atoms. The summed E-state index contributed by atoms with van der Waals surface area (Å²) >= 11 is 0. The molecule has 3 rings (SSSR count). The van der Waals surface area contributed by atoms with Crippen LogP contribution in [0.5, 0.6) is 0 Å². The van der Waals surface area contributed by atoms with Gasteiger partial charge in [-0.05, 0) is 18.9 Å². The molecule has 0 saturated carbocycles. The molecule has 0 aromatic carbocycles. The van der Waals surface area contributed by atoms with Gasteiger partial charge in [0.1, 0.15) is 5.82 Å². The number of carbonyl (C=O) groups excluding carboxylic acids is 1. The molecule has 3 heterocycles. The second-order valence-electron chi connectivity index (χ2n) is 6.02. The van der Waals surface area contributed by atoms with Gasteiger partial charge in [0, 0.05) is 56.8 Å². The van der Waals surface area contributed by atoms with Crippen molar-refractivity contribution >= 4 is 5.91 Å². The highest BCUT2D eigenvalue weighted by molar-refractivity contribution is 5.94. The van der Waals surface area contributed by atoms with Gasteiger partial charge < -0.3 is 14.0 Å². The van der Waals surface area contributed by atoms with Crippen LogP contribution in [-0.2, 0) is 13.5 Å². The zero-order valence-corrected chi connectivity index (χ0v) is 13.6. The number of aromatic nitrogens is 3. The SMILES string of the molecule is CCc1nccn1[C@@H]1CCCN(C(=O)c2ccn(C)c(=O)c2)C1. The van der Waals surface area contributed by atoms with Crippen molar-refractivity contribution in [3.8, 4) is 0 Å². The molecule has 1 amide bonds. The topological polar surface area (TPSA) is 60.1 Å². The Morgan fingerprint density at radius 2 is 2.22 bits per heavy atom. The first-order valence-corrected chi connectivity index (χ1v) is 8.07. The predicted octanol–water partition coefficient (Wildman–Crippen LogP) is 1.62. The smallest absolute Gasteiger partial charge is 0.254 e. The summed E-state index contributed by atoms with van der Waals surface area (Å²) in [5.41, 5.74) is 0.308. The van der Waals surface area contributed by atoms with Crippen LogP contribution in [0.25, 0.3) is 0 Å². The van der Waals surface area contributed by atoms with Crippen LogP contribution in [0.15, 0.2) is 35.5 Å². The molecule has 0 unspecified atom stereocenters. The van der Waals surface area contributed by atoms with E-state index in [9.17, 15) is 9.59 Å². The zero-order chi connectivity index (χ0) is 16.4. The van der Waals surface area contributed by atoms with Crippen molar-refractivity contribution in [1.82, 2.24) is 19.0 Å². The maximum atomic E-state index is 12.7. The highest BCUT2D eigenvalue weighted by Crippen LogP contribution is 2.24. The number of amides is 1. The van der Waals surface area contributed by atoms with Crippen LogP contribution in [0, 0.1) is 0 Å². The molecule has 0 N–H and O–H groups in total. The molecule has 1 aliphatic rings. The van der Waals surface area contributed by atoms with Crippen molar-refractivity contribution < 1.29 is 4.79 Å². The number of nitrogens with zero attached hydrogens (tertiary/aromatic N) is 4. The van der Waals surface area contributed by atoms with Gasteiger partial charge in [0.25, 0.3) is 11.5 Å². The Morgan fingerprint density at radius 3 is 2.96 bits per heavy atom. The number of likely N-dealkylation sites (tertiary alicyclic amines) is 1. The summed E-state index contributed by atoms with van der Waals surface area (Å²) in [5, 5.41) is 0. The average molecular weight is 314 g/mol. The molecule has 1 aliphatic heterocycles. The van der Waals surface area contributed by atoms with Gasteiger partial charge in [-0.2, -0.15) is 0 Å². The summed E-state index contributed by atoms with van der Waals surface area (Å²) in [6.45, 7) is 3.49. The number of piperidine rings is 1. The Kier molecular flexibility index (Phi) is 4.32. The summed E-state index contributed by atoms with van der Waals surface area (Å²) < 4.78 is 3.65. The molecule has 0 spiro atoms. The van der Waals surface area contributed by atoms with Crippen LogP contribution < -0.4 is 5.56 Å². The highest BCUT2D eigenvalue weighted by atomic mass is 16.2. The van der Waals surface area contributed by atoms with Crippen LogP contribution in [0.4, 0.5) is 0 Å². The number of aryl methyl sites for hydroxylation is 2. The second kappa shape index (κ2) is 6.40. The minimum atomic E-state index is -0.160. The van der Waals surface area contributed by atoms with E-state index < -0.39 is 0 Å². The third-order valence-corrected chi connectivity index (χ3v) is 4.49. The summed E-state index contributed by atoms with van der Waals surface area (Å²) in [5.74, 6) is 0.989. The summed E-state index contributed by atoms with van der Waals surface area (Å²) in [7, 11) is 1.68. The summed E-state index contributed by atoms with van der Waals surface area (Å²) in [6, 6.07) is 3.39. The fourth-order valence-corrected chi connectivity index (χ4v) is 3.18. The minimum absolute atomic E-state index is 0.0643. The second-order valence-corrected chi connectivity index (χ2v) is 6.02. The van der Waals surface area contributed by atoms with Gasteiger partial charge in [0.05, 0.1) is 6.04 Å². The van der Waals surface area contributed by atoms with Crippen molar-refractivity contribution in [1.29, 1.82) is 0 Å². The molecule has 1 saturated heterocycles. The van der Waals surface area contributed by atoms with Crippen LogP contribution in [0.1, 0.15) is 42.0 Å². The maximum absolute atomic E-state index is 12.7. The van der Waals surface area contributed by atoms with E-state index in [0.29, 0.717) is 12.1 Å². The Hall–Kier alpha value is -2.37. The first-order chi connectivity index (χ1) is 11.1. The third-order valence-electron chi connectivity index (χ3n) is 4.49. The van der Waals surface area contributed by atoms with Gasteiger partial charge in [-0.1, -0.05) is 6.92 Å². The lowest BCUT2D eigenvalue weighted by Gasteiger charge is -2.34. The molecule has 2 aromatic heterocycles. The molecule has 6 nitrogen and oxygen atoms in total. The average Bonchev–Trinajstić information content (AvgIpc) is 3.05. The van der Waals surface area contributed by atoms with E-state index in [-0.39, 0.29) is 17.5 Å². The number of hydrogen-bond donors (Lipinski definition) is 0. The lowest BCUT2D eigenvalue weighted by atomic mass is 10.0. The molecule has 0 radical (unpaired) electrons. The molecule has 122 valence electrons. The van der Waals surface area contributed by atoms with Crippen LogP contribution in [0.2, 0.25) is 0 Å². The monoisotopic (exact) mass is 314 g/mol. The molecule has 1 atom stereocenters. The van der Waals surface area contributed by atoms with Gasteiger partial charge in [-0.3, -0.25) is 9.59 Å². The lowest BCUT2D eigenvalue weighted by molar-refractivity contribution is 0.0677. The molecular formula is C17H22N4O2. The lowest BCUT2D eigenvalue weighted by Crippen LogP contribution is -2.41. The number of hydrogen-bond acceptors (Lipinski definition) is 3. The Balaban J connectivity index is 1.79. The molecule has 6 heteroatoms. The van der Waals surface area contributed by atoms with Crippen molar-refractivity contribution in [2.45, 2.75) is 32.2 Å². The summed E-state index contributed by atoms with van der Waals surface area (Å²) in [4.78, 5) is 30.7. The number of rotatable bonds is 3. The van der Waals surface area contributed by atoms with E-state index in [2.05, 4.69) is 16.5 Å². The fraction of sp³-hybridized carbons (Fsp3) is 0.471. The Bertz CT molecular complexity index is 762. The number of imidazole rings is 1. The zero-order valence-electron chi connectivity index (χ0n) is 13.6. The molecule has 0 aliphatic carbocycles. The molecule has 0 bridgehead atoms. The van der Waals surface area contributed by atoms with Crippen molar-refractivity contribution in [2.75, 3.05) is 13.1 Å². The first-order valence-electron chi connectivity index (χ1n) is 8.07. The van der Waals surface area contributed by atoms with E-state index in [1.165, 1.54) is 10.6 Å². The fourth-order valence-electron chi connectivity index (χ4n) is 3.18. The molecule has 2 aromatic rings. The van der Waals surface area contributed by atoms with E-state index >= 15 is 0 Å². The van der Waals surface area contributed by atoms with Crippen LogP contribution in [-0.4, -0.2) is 38.0 Å². The third kappa shape index (κ3) is 3.06. The number of pyridine rings is 1. The van der Waals surface area contributed by atoms with Gasteiger partial charge in [0.2, 0.25) is 0 Å². The van der Waals surface area contributed by atoms with Crippen LogP contribution in [0.3, 0.4) is 0 Å². The molecular weight excluding hydrogens is 292 g/mol. The van der Waals surface area contributed by atoms with Gasteiger partial charge in [0.15, 0.2) is 0 Å². The highest BCUT2D eigenvalue weighted by Gasteiger charge is 2.26. The van der Waals surface area contributed by atoms with Gasteiger partial charge in [-0.15, -0.1) is 0 Å². The Labute approximate surface area is 135 Å². The van der Waals surface area contributed by atoms with Crippen molar-refractivity contribution in [3.63, 3.8) is 0 Å². The number of carbonyl (C=O) groups is 1. The Morgan fingerprint density at radius 1 is 1.39 bits per heavy atom. The van der Waals surface area contributed by atoms with E-state index in [0.717, 1.165) is 31.6 Å². The van der Waals surface area contributed by atoms with E-state index in [4.69, 9.17) is 0 Å². The standard InChI is InChI=1S/C17H22N4O2/c1-3-15-18-7-10-21(15)14-5-4-8-20(12-14)17(23)13-6-9-19(2)16(22)11-13/h6-7,9-11,14H,3-5,8,12H2,1-2H3/t14-/m1/s1. The van der Waals surface area contributed by atoms with Gasteiger partial charge >= 0.3 is 0 Å². The maximum Gasteiger partial charge on any atom is 0.254 e.